The highest BCUT2D eigenvalue weighted by Gasteiger charge is 2.21. The lowest BCUT2D eigenvalue weighted by molar-refractivity contribution is 0.591. The maximum Gasteiger partial charge on any atom is 0.264 e. The molecule has 0 atom stereocenters. The molecule has 2 rings (SSSR count). The van der Waals surface area contributed by atoms with Gasteiger partial charge in [-0.25, -0.2) is 22.2 Å². The Morgan fingerprint density at radius 2 is 2.00 bits per heavy atom. The second kappa shape index (κ2) is 5.75. The number of aromatic nitrogens is 1. The third kappa shape index (κ3) is 3.17. The Morgan fingerprint density at radius 1 is 1.29 bits per heavy atom. The van der Waals surface area contributed by atoms with E-state index in [-0.39, 0.29) is 10.2 Å². The van der Waals surface area contributed by atoms with E-state index in [1.807, 2.05) is 4.72 Å². The second-order valence-corrected chi connectivity index (χ2v) is 6.32. The van der Waals surface area contributed by atoms with Crippen LogP contribution in [0.2, 0.25) is 0 Å². The van der Waals surface area contributed by atoms with Crippen molar-refractivity contribution in [3.63, 3.8) is 0 Å². The summed E-state index contributed by atoms with van der Waals surface area (Å²) in [7, 11) is -4.27. The predicted molar refractivity (Wildman–Crippen MR) is 73.8 cm³/mol. The summed E-state index contributed by atoms with van der Waals surface area (Å²) < 4.78 is 53.0. The molecule has 0 spiro atoms. The highest BCUT2D eigenvalue weighted by atomic mass is 79.9. The topological polar surface area (TPSA) is 82.8 Å². The summed E-state index contributed by atoms with van der Waals surface area (Å²) in [6.45, 7) is 0. The van der Waals surface area contributed by atoms with Crippen LogP contribution < -0.4 is 4.72 Å². The van der Waals surface area contributed by atoms with Crippen molar-refractivity contribution in [2.75, 3.05) is 4.72 Å². The maximum absolute atomic E-state index is 13.7. The van der Waals surface area contributed by atoms with Gasteiger partial charge in [0.2, 0.25) is 0 Å². The molecule has 0 saturated heterocycles. The van der Waals surface area contributed by atoms with Gasteiger partial charge in [0.25, 0.3) is 10.0 Å². The molecule has 0 aliphatic heterocycles. The van der Waals surface area contributed by atoms with Gasteiger partial charge in [0.15, 0.2) is 5.69 Å². The molecule has 108 valence electrons. The SMILES string of the molecule is N#Cc1ncccc1S(=O)(=O)Nc1cc(F)c(Br)cc1F. The number of nitriles is 1. The molecular weight excluding hydrogens is 368 g/mol. The average molecular weight is 374 g/mol. The minimum absolute atomic E-state index is 0.137. The molecule has 0 bridgehead atoms. The number of nitrogens with one attached hydrogen (secondary N) is 1. The van der Waals surface area contributed by atoms with Crippen LogP contribution in [0.4, 0.5) is 14.5 Å². The summed E-state index contributed by atoms with van der Waals surface area (Å²) in [5, 5.41) is 8.84. The number of halogens is 3. The van der Waals surface area contributed by atoms with E-state index in [2.05, 4.69) is 20.9 Å². The maximum atomic E-state index is 13.7. The van der Waals surface area contributed by atoms with Crippen LogP contribution in [0.1, 0.15) is 5.69 Å². The number of benzene rings is 1. The normalized spacial score (nSPS) is 11.0. The van der Waals surface area contributed by atoms with Crippen LogP contribution in [0.15, 0.2) is 39.8 Å². The van der Waals surface area contributed by atoms with Crippen molar-refractivity contribution in [1.82, 2.24) is 4.98 Å². The van der Waals surface area contributed by atoms with Gasteiger partial charge in [-0.3, -0.25) is 4.72 Å². The van der Waals surface area contributed by atoms with E-state index in [1.54, 1.807) is 6.07 Å². The molecule has 1 heterocycles. The number of rotatable bonds is 3. The van der Waals surface area contributed by atoms with Gasteiger partial charge >= 0.3 is 0 Å². The molecule has 0 aliphatic rings. The van der Waals surface area contributed by atoms with Crippen molar-refractivity contribution in [1.29, 1.82) is 5.26 Å². The molecule has 0 aliphatic carbocycles. The first-order chi connectivity index (χ1) is 9.85. The first-order valence-electron chi connectivity index (χ1n) is 5.37. The minimum atomic E-state index is -4.27. The number of anilines is 1. The Hall–Kier alpha value is -2.05. The van der Waals surface area contributed by atoms with Gasteiger partial charge in [0.05, 0.1) is 10.2 Å². The van der Waals surface area contributed by atoms with Crippen molar-refractivity contribution >= 4 is 31.6 Å². The fraction of sp³-hybridized carbons (Fsp3) is 0. The summed E-state index contributed by atoms with van der Waals surface area (Å²) in [6, 6.07) is 5.56. The number of sulfonamides is 1. The fourth-order valence-corrected chi connectivity index (χ4v) is 2.97. The molecule has 0 unspecified atom stereocenters. The van der Waals surface area contributed by atoms with E-state index in [1.165, 1.54) is 12.3 Å². The summed E-state index contributed by atoms with van der Waals surface area (Å²) >= 11 is 2.78. The van der Waals surface area contributed by atoms with E-state index >= 15 is 0 Å². The van der Waals surface area contributed by atoms with Crippen LogP contribution in [0, 0.1) is 23.0 Å². The van der Waals surface area contributed by atoms with E-state index in [0.717, 1.165) is 12.1 Å². The van der Waals surface area contributed by atoms with Gasteiger partial charge in [-0.05, 0) is 34.1 Å². The van der Waals surface area contributed by atoms with Gasteiger partial charge < -0.3 is 0 Å². The number of hydrogen-bond donors (Lipinski definition) is 1. The van der Waals surface area contributed by atoms with Crippen molar-refractivity contribution in [2.45, 2.75) is 4.90 Å². The van der Waals surface area contributed by atoms with Crippen LogP contribution in [-0.2, 0) is 10.0 Å². The van der Waals surface area contributed by atoms with Crippen LogP contribution in [0.25, 0.3) is 0 Å². The van der Waals surface area contributed by atoms with E-state index in [9.17, 15) is 17.2 Å². The monoisotopic (exact) mass is 373 g/mol. The quantitative estimate of drug-likeness (QED) is 0.838. The van der Waals surface area contributed by atoms with E-state index < -0.39 is 32.2 Å². The lowest BCUT2D eigenvalue weighted by atomic mass is 10.3. The molecule has 0 amide bonds. The summed E-state index contributed by atoms with van der Waals surface area (Å²) in [5.41, 5.74) is -0.911. The zero-order chi connectivity index (χ0) is 15.6. The lowest BCUT2D eigenvalue weighted by Crippen LogP contribution is -2.16. The van der Waals surface area contributed by atoms with Gasteiger partial charge in [-0.1, -0.05) is 0 Å². The van der Waals surface area contributed by atoms with Crippen molar-refractivity contribution in [2.24, 2.45) is 0 Å². The first kappa shape index (κ1) is 15.3. The molecular formula is C12H6BrF2N3O2S. The van der Waals surface area contributed by atoms with Crippen LogP contribution in [0.3, 0.4) is 0 Å². The predicted octanol–water partition coefficient (Wildman–Crippen LogP) is 2.79. The molecule has 0 radical (unpaired) electrons. The Labute approximate surface area is 127 Å². The third-order valence-corrected chi connectivity index (χ3v) is 4.43. The molecule has 0 saturated carbocycles. The largest absolute Gasteiger partial charge is 0.276 e. The minimum Gasteiger partial charge on any atom is -0.276 e. The zero-order valence-electron chi connectivity index (χ0n) is 10.1. The highest BCUT2D eigenvalue weighted by Crippen LogP contribution is 2.25. The van der Waals surface area contributed by atoms with Crippen molar-refractivity contribution in [3.8, 4) is 6.07 Å². The zero-order valence-corrected chi connectivity index (χ0v) is 12.5. The molecule has 1 aromatic carbocycles. The average Bonchev–Trinajstić information content (AvgIpc) is 2.44. The Bertz CT molecular complexity index is 850. The first-order valence-corrected chi connectivity index (χ1v) is 7.65. The molecule has 5 nitrogen and oxygen atoms in total. The number of nitrogens with zero attached hydrogens (tertiary/aromatic N) is 2. The van der Waals surface area contributed by atoms with Crippen LogP contribution in [0.5, 0.6) is 0 Å². The lowest BCUT2D eigenvalue weighted by Gasteiger charge is -2.10. The smallest absolute Gasteiger partial charge is 0.264 e. The number of hydrogen-bond acceptors (Lipinski definition) is 4. The molecule has 9 heteroatoms. The fourth-order valence-electron chi connectivity index (χ4n) is 1.49. The Balaban J connectivity index is 2.48. The van der Waals surface area contributed by atoms with Gasteiger partial charge in [-0.2, -0.15) is 5.26 Å². The molecule has 21 heavy (non-hydrogen) atoms. The molecule has 1 N–H and O–H groups in total. The molecule has 2 aromatic rings. The summed E-state index contributed by atoms with van der Waals surface area (Å²) in [6.07, 6.45) is 1.25. The van der Waals surface area contributed by atoms with Crippen molar-refractivity contribution < 1.29 is 17.2 Å². The second-order valence-electron chi connectivity index (χ2n) is 3.81. The summed E-state index contributed by atoms with van der Waals surface area (Å²) in [5.74, 6) is -1.80. The van der Waals surface area contributed by atoms with Crippen LogP contribution >= 0.6 is 15.9 Å². The molecule has 0 fully saturated rings. The third-order valence-electron chi connectivity index (χ3n) is 2.42. The van der Waals surface area contributed by atoms with Crippen molar-refractivity contribution in [3.05, 3.63) is 52.3 Å². The summed E-state index contributed by atoms with van der Waals surface area (Å²) in [4.78, 5) is 3.18. The van der Waals surface area contributed by atoms with Gasteiger partial charge in [0, 0.05) is 12.3 Å². The van der Waals surface area contributed by atoms with Crippen LogP contribution in [-0.4, -0.2) is 13.4 Å². The molecule has 1 aromatic heterocycles. The Kier molecular flexibility index (Phi) is 4.20. The Morgan fingerprint density at radius 3 is 2.67 bits per heavy atom. The standard InChI is InChI=1S/C12H6BrF2N3O2S/c13-7-4-9(15)10(5-8(7)14)18-21(19,20)12-2-1-3-17-11(12)6-16/h1-5,18H. The van der Waals surface area contributed by atoms with Gasteiger partial charge in [-0.15, -0.1) is 0 Å². The number of pyridine rings is 1. The van der Waals surface area contributed by atoms with Gasteiger partial charge in [0.1, 0.15) is 22.6 Å². The van der Waals surface area contributed by atoms with E-state index in [4.69, 9.17) is 5.26 Å². The van der Waals surface area contributed by atoms with E-state index in [0.29, 0.717) is 6.07 Å². The highest BCUT2D eigenvalue weighted by molar-refractivity contribution is 9.10.